The fourth-order valence-electron chi connectivity index (χ4n) is 0.664. The van der Waals surface area contributed by atoms with E-state index in [1.807, 2.05) is 0 Å². The summed E-state index contributed by atoms with van der Waals surface area (Å²) in [5, 5.41) is 13.0. The van der Waals surface area contributed by atoms with Crippen LogP contribution in [0, 0.1) is 19.3 Å². The van der Waals surface area contributed by atoms with Crippen molar-refractivity contribution in [2.24, 2.45) is 0 Å². The highest BCUT2D eigenvalue weighted by molar-refractivity contribution is 5.20. The molecule has 0 radical (unpaired) electrons. The van der Waals surface area contributed by atoms with Gasteiger partial charge in [0.15, 0.2) is 11.4 Å². The van der Waals surface area contributed by atoms with Gasteiger partial charge in [0.2, 0.25) is 0 Å². The second-order valence-electron chi connectivity index (χ2n) is 2.55. The molecular formula is C8H9NO2. The summed E-state index contributed by atoms with van der Waals surface area (Å²) in [6.07, 6.45) is 5.06. The molecule has 0 bridgehead atoms. The van der Waals surface area contributed by atoms with Gasteiger partial charge >= 0.3 is 0 Å². The van der Waals surface area contributed by atoms with Gasteiger partial charge in [-0.1, -0.05) is 11.1 Å². The summed E-state index contributed by atoms with van der Waals surface area (Å²) in [5.74, 6) is 2.50. The number of hydrogen-bond donors (Lipinski definition) is 1. The van der Waals surface area contributed by atoms with Crippen molar-refractivity contribution in [2.75, 3.05) is 0 Å². The van der Waals surface area contributed by atoms with Crippen LogP contribution < -0.4 is 0 Å². The first-order valence-electron chi connectivity index (χ1n) is 3.20. The zero-order chi connectivity index (χ0) is 8.48. The Morgan fingerprint density at radius 3 is 2.82 bits per heavy atom. The third kappa shape index (κ3) is 1.41. The molecule has 3 heteroatoms. The largest absolute Gasteiger partial charge is 0.371 e. The highest BCUT2D eigenvalue weighted by atomic mass is 16.5. The minimum atomic E-state index is -1.35. The number of aromatic nitrogens is 1. The lowest BCUT2D eigenvalue weighted by Crippen LogP contribution is -2.16. The fraction of sp³-hybridized carbons (Fsp3) is 0.375. The number of rotatable bonds is 1. The molecule has 58 valence electrons. The molecular weight excluding hydrogens is 142 g/mol. The Kier molecular flexibility index (Phi) is 1.71. The zero-order valence-corrected chi connectivity index (χ0v) is 6.46. The first kappa shape index (κ1) is 7.83. The van der Waals surface area contributed by atoms with Crippen molar-refractivity contribution in [2.45, 2.75) is 19.4 Å². The standard InChI is InChI=1S/C8H9NO2/c1-4-8(3,10)7-5-6(2)9-11-7/h1,5,10H,2-3H3. The number of nitrogens with zero attached hydrogens (tertiary/aromatic N) is 1. The van der Waals surface area contributed by atoms with Crippen molar-refractivity contribution in [3.05, 3.63) is 17.5 Å². The van der Waals surface area contributed by atoms with E-state index in [1.54, 1.807) is 13.0 Å². The van der Waals surface area contributed by atoms with E-state index in [9.17, 15) is 5.11 Å². The second kappa shape index (κ2) is 2.40. The molecule has 1 unspecified atom stereocenters. The van der Waals surface area contributed by atoms with Gasteiger partial charge in [0.1, 0.15) is 0 Å². The van der Waals surface area contributed by atoms with Gasteiger partial charge in [-0.3, -0.25) is 0 Å². The van der Waals surface area contributed by atoms with Crippen LogP contribution in [0.15, 0.2) is 10.6 Å². The molecule has 0 fully saturated rings. The summed E-state index contributed by atoms with van der Waals surface area (Å²) in [4.78, 5) is 0. The fourth-order valence-corrected chi connectivity index (χ4v) is 0.664. The predicted molar refractivity (Wildman–Crippen MR) is 39.6 cm³/mol. The Hall–Kier alpha value is -1.27. The second-order valence-corrected chi connectivity index (χ2v) is 2.55. The van der Waals surface area contributed by atoms with E-state index in [4.69, 9.17) is 10.9 Å². The van der Waals surface area contributed by atoms with Crippen molar-refractivity contribution in [3.8, 4) is 12.3 Å². The molecule has 0 aliphatic rings. The Morgan fingerprint density at radius 2 is 2.45 bits per heavy atom. The number of terminal acetylenes is 1. The highest BCUT2D eigenvalue weighted by Gasteiger charge is 2.24. The SMILES string of the molecule is C#CC(C)(O)c1cc(C)no1. The van der Waals surface area contributed by atoms with Crippen LogP contribution in [-0.2, 0) is 5.60 Å². The lowest BCUT2D eigenvalue weighted by Gasteiger charge is -2.09. The van der Waals surface area contributed by atoms with Gasteiger partial charge in [-0.2, -0.15) is 0 Å². The Labute approximate surface area is 65.0 Å². The average Bonchev–Trinajstić information content (AvgIpc) is 2.36. The molecule has 11 heavy (non-hydrogen) atoms. The lowest BCUT2D eigenvalue weighted by atomic mass is 10.1. The maximum atomic E-state index is 9.44. The molecule has 0 saturated heterocycles. The van der Waals surface area contributed by atoms with Gasteiger partial charge in [-0.15, -0.1) is 6.42 Å². The van der Waals surface area contributed by atoms with E-state index in [-0.39, 0.29) is 0 Å². The van der Waals surface area contributed by atoms with Crippen molar-refractivity contribution < 1.29 is 9.63 Å². The van der Waals surface area contributed by atoms with Gasteiger partial charge in [0.05, 0.1) is 5.69 Å². The Morgan fingerprint density at radius 1 is 1.82 bits per heavy atom. The summed E-state index contributed by atoms with van der Waals surface area (Å²) >= 11 is 0. The predicted octanol–water partition coefficient (Wildman–Crippen LogP) is 0.824. The summed E-state index contributed by atoms with van der Waals surface area (Å²) in [7, 11) is 0. The number of aryl methyl sites for hydroxylation is 1. The minimum Gasteiger partial charge on any atom is -0.371 e. The molecule has 0 aromatic carbocycles. The van der Waals surface area contributed by atoms with E-state index in [1.165, 1.54) is 6.92 Å². The third-order valence-corrected chi connectivity index (χ3v) is 1.39. The van der Waals surface area contributed by atoms with Crippen LogP contribution in [0.1, 0.15) is 18.4 Å². The third-order valence-electron chi connectivity index (χ3n) is 1.39. The first-order chi connectivity index (χ1) is 5.06. The van der Waals surface area contributed by atoms with Gasteiger partial charge in [-0.25, -0.2) is 0 Å². The topological polar surface area (TPSA) is 46.3 Å². The normalized spacial score (nSPS) is 15.5. The molecule has 0 amide bonds. The quantitative estimate of drug-likeness (QED) is 0.604. The highest BCUT2D eigenvalue weighted by Crippen LogP contribution is 2.19. The maximum Gasteiger partial charge on any atom is 0.183 e. The molecule has 1 N–H and O–H groups in total. The van der Waals surface area contributed by atoms with Crippen LogP contribution in [0.3, 0.4) is 0 Å². The number of aliphatic hydroxyl groups is 1. The van der Waals surface area contributed by atoms with Crippen LogP contribution in [-0.4, -0.2) is 10.3 Å². The zero-order valence-electron chi connectivity index (χ0n) is 6.46. The Bertz CT molecular complexity index is 293. The summed E-state index contributed by atoms with van der Waals surface area (Å²) in [5.41, 5.74) is -0.642. The maximum absolute atomic E-state index is 9.44. The van der Waals surface area contributed by atoms with Gasteiger partial charge in [0, 0.05) is 6.07 Å². The minimum absolute atomic E-state index is 0.303. The van der Waals surface area contributed by atoms with E-state index < -0.39 is 5.60 Å². The monoisotopic (exact) mass is 151 g/mol. The van der Waals surface area contributed by atoms with Crippen molar-refractivity contribution in [1.29, 1.82) is 0 Å². The van der Waals surface area contributed by atoms with Crippen molar-refractivity contribution in [3.63, 3.8) is 0 Å². The van der Waals surface area contributed by atoms with Gasteiger partial charge < -0.3 is 9.63 Å². The molecule has 0 saturated carbocycles. The smallest absolute Gasteiger partial charge is 0.183 e. The molecule has 1 atom stereocenters. The van der Waals surface area contributed by atoms with Gasteiger partial charge in [0.25, 0.3) is 0 Å². The van der Waals surface area contributed by atoms with E-state index in [0.29, 0.717) is 11.5 Å². The lowest BCUT2D eigenvalue weighted by molar-refractivity contribution is 0.0874. The molecule has 0 spiro atoms. The first-order valence-corrected chi connectivity index (χ1v) is 3.20. The van der Waals surface area contributed by atoms with Gasteiger partial charge in [-0.05, 0) is 13.8 Å². The van der Waals surface area contributed by atoms with Crippen molar-refractivity contribution in [1.82, 2.24) is 5.16 Å². The van der Waals surface area contributed by atoms with Crippen molar-refractivity contribution >= 4 is 0 Å². The van der Waals surface area contributed by atoms with E-state index >= 15 is 0 Å². The van der Waals surface area contributed by atoms with Crippen LogP contribution >= 0.6 is 0 Å². The molecule has 0 aliphatic carbocycles. The molecule has 1 rings (SSSR count). The summed E-state index contributed by atoms with van der Waals surface area (Å²) in [6, 6.07) is 1.61. The molecule has 1 aromatic rings. The average molecular weight is 151 g/mol. The molecule has 1 heterocycles. The van der Waals surface area contributed by atoms with Crippen LogP contribution in [0.2, 0.25) is 0 Å². The van der Waals surface area contributed by atoms with E-state index in [0.717, 1.165) is 0 Å². The molecule has 0 aliphatic heterocycles. The van der Waals surface area contributed by atoms with Crippen LogP contribution in [0.4, 0.5) is 0 Å². The molecule has 3 nitrogen and oxygen atoms in total. The van der Waals surface area contributed by atoms with Crippen LogP contribution in [0.5, 0.6) is 0 Å². The Balaban J connectivity index is 3.04. The summed E-state index contributed by atoms with van der Waals surface area (Å²) < 4.78 is 4.78. The van der Waals surface area contributed by atoms with E-state index in [2.05, 4.69) is 11.1 Å². The summed E-state index contributed by atoms with van der Waals surface area (Å²) in [6.45, 7) is 3.24. The number of hydrogen-bond acceptors (Lipinski definition) is 3. The van der Waals surface area contributed by atoms with Crippen LogP contribution in [0.25, 0.3) is 0 Å². The molecule has 1 aromatic heterocycles.